The predicted octanol–water partition coefficient (Wildman–Crippen LogP) is 4.81. The van der Waals surface area contributed by atoms with Gasteiger partial charge in [-0.05, 0) is 89.3 Å². The van der Waals surface area contributed by atoms with Crippen LogP contribution in [0.4, 0.5) is 5.69 Å². The number of hydrogen-bond donors (Lipinski definition) is 1. The van der Waals surface area contributed by atoms with Crippen LogP contribution in [0, 0.1) is 13.8 Å². The number of aryl methyl sites for hydroxylation is 2. The zero-order valence-electron chi connectivity index (χ0n) is 23.4. The zero-order chi connectivity index (χ0) is 30.0. The highest BCUT2D eigenvalue weighted by Crippen LogP contribution is 2.30. The van der Waals surface area contributed by atoms with Crippen LogP contribution in [-0.2, 0) is 14.3 Å². The summed E-state index contributed by atoms with van der Waals surface area (Å²) in [5.74, 6) is -0.283. The molecule has 3 aromatic carbocycles. The van der Waals surface area contributed by atoms with Crippen LogP contribution in [0.5, 0.6) is 5.75 Å². The number of nitrogens with one attached hydrogen (secondary N) is 1. The van der Waals surface area contributed by atoms with Crippen molar-refractivity contribution < 1.29 is 19.1 Å². The molecule has 0 unspecified atom stereocenters. The molecule has 1 atom stereocenters. The largest absolute Gasteiger partial charge is 0.484 e. The number of halogens is 1. The van der Waals surface area contributed by atoms with Gasteiger partial charge in [-0.15, -0.1) is 0 Å². The van der Waals surface area contributed by atoms with E-state index in [-0.39, 0.29) is 18.1 Å². The van der Waals surface area contributed by atoms with E-state index < -0.39 is 12.0 Å². The van der Waals surface area contributed by atoms with E-state index in [1.807, 2.05) is 68.4 Å². The Morgan fingerprint density at radius 1 is 1.05 bits per heavy atom. The van der Waals surface area contributed by atoms with E-state index in [2.05, 4.69) is 26.2 Å². The monoisotopic (exact) mass is 645 g/mol. The highest BCUT2D eigenvalue weighted by molar-refractivity contribution is 9.10. The van der Waals surface area contributed by atoms with Crippen LogP contribution in [0.3, 0.4) is 0 Å². The molecule has 5 rings (SSSR count). The lowest BCUT2D eigenvalue weighted by atomic mass is 9.96. The molecule has 1 N–H and O–H groups in total. The number of thiazole rings is 1. The number of aromatic nitrogens is 1. The normalized spacial score (nSPS) is 14.7. The maximum atomic E-state index is 13.7. The molecule has 0 aliphatic carbocycles. The van der Waals surface area contributed by atoms with Crippen LogP contribution < -0.4 is 24.9 Å². The van der Waals surface area contributed by atoms with Gasteiger partial charge in [0.2, 0.25) is 0 Å². The maximum absolute atomic E-state index is 13.7. The first-order chi connectivity index (χ1) is 20.2. The third-order valence-electron chi connectivity index (χ3n) is 6.95. The summed E-state index contributed by atoms with van der Waals surface area (Å²) in [5, 5.41) is 2.86. The molecular weight excluding hydrogens is 618 g/mol. The lowest BCUT2D eigenvalue weighted by Crippen LogP contribution is -2.39. The zero-order valence-corrected chi connectivity index (χ0v) is 25.8. The van der Waals surface area contributed by atoms with E-state index in [0.717, 1.165) is 26.7 Å². The molecule has 0 saturated carbocycles. The van der Waals surface area contributed by atoms with Crippen LogP contribution in [0.2, 0.25) is 0 Å². The summed E-state index contributed by atoms with van der Waals surface area (Å²) in [7, 11) is 1.32. The minimum absolute atomic E-state index is 0.154. The maximum Gasteiger partial charge on any atom is 0.338 e. The molecule has 1 aliphatic rings. The molecule has 0 radical (unpaired) electrons. The Labute approximate surface area is 254 Å². The number of rotatable bonds is 7. The smallest absolute Gasteiger partial charge is 0.338 e. The van der Waals surface area contributed by atoms with Crippen molar-refractivity contribution in [3.8, 4) is 5.75 Å². The molecule has 1 aromatic heterocycles. The lowest BCUT2D eigenvalue weighted by molar-refractivity contribution is -0.136. The van der Waals surface area contributed by atoms with Crippen molar-refractivity contribution in [2.45, 2.75) is 26.8 Å². The van der Waals surface area contributed by atoms with Gasteiger partial charge in [-0.3, -0.25) is 14.2 Å². The molecule has 0 bridgehead atoms. The van der Waals surface area contributed by atoms with Crippen molar-refractivity contribution in [1.82, 2.24) is 4.57 Å². The van der Waals surface area contributed by atoms with Crippen LogP contribution in [0.25, 0.3) is 6.08 Å². The second-order valence-corrected chi connectivity index (χ2v) is 11.7. The Hall–Kier alpha value is -4.28. The Bertz CT molecular complexity index is 1890. The number of carbonyl (C=O) groups is 2. The molecule has 0 saturated heterocycles. The Morgan fingerprint density at radius 2 is 1.74 bits per heavy atom. The average molecular weight is 647 g/mol. The molecule has 0 spiro atoms. The molecule has 42 heavy (non-hydrogen) atoms. The molecule has 2 heterocycles. The van der Waals surface area contributed by atoms with E-state index in [0.29, 0.717) is 32.0 Å². The van der Waals surface area contributed by atoms with E-state index in [1.54, 1.807) is 29.7 Å². The van der Waals surface area contributed by atoms with Crippen LogP contribution in [0.15, 0.2) is 92.3 Å². The molecular formula is C32H28BrN3O5S. The van der Waals surface area contributed by atoms with Gasteiger partial charge >= 0.3 is 5.97 Å². The van der Waals surface area contributed by atoms with Crippen molar-refractivity contribution in [2.75, 3.05) is 19.0 Å². The van der Waals surface area contributed by atoms with Crippen LogP contribution in [0.1, 0.15) is 35.2 Å². The Kier molecular flexibility index (Phi) is 8.56. The minimum Gasteiger partial charge on any atom is -0.484 e. The molecule has 214 valence electrons. The number of ether oxygens (including phenoxy) is 2. The summed E-state index contributed by atoms with van der Waals surface area (Å²) in [6.45, 7) is 5.59. The van der Waals surface area contributed by atoms with Gasteiger partial charge in [0.25, 0.3) is 11.5 Å². The summed E-state index contributed by atoms with van der Waals surface area (Å²) in [4.78, 5) is 44.0. The number of nitrogens with zero attached hydrogens (tertiary/aromatic N) is 2. The van der Waals surface area contributed by atoms with Crippen LogP contribution in [-0.4, -0.2) is 30.2 Å². The molecule has 8 nitrogen and oxygen atoms in total. The van der Waals surface area contributed by atoms with Gasteiger partial charge in [-0.2, -0.15) is 0 Å². The van der Waals surface area contributed by atoms with Gasteiger partial charge in [0.1, 0.15) is 5.75 Å². The SMILES string of the molecule is COC(=O)C1=C(C)N=c2s/c(=C\c3ccc(OCC(=O)Nc4cc(C)c(C)cc4Br)cc3)c(=O)n2[C@@H]1c1ccccc1. The standard InChI is InChI=1S/C32H28BrN3O5S/c1-18-14-24(33)25(15-19(18)2)35-27(37)17-41-23-12-10-21(11-13-23)16-26-30(38)36-29(22-8-6-5-7-9-22)28(31(39)40-4)20(3)34-32(36)42-26/h5-16,29H,17H2,1-4H3,(H,35,37)/b26-16-/t29-/m1/s1. The number of hydrogen-bond acceptors (Lipinski definition) is 7. The molecule has 1 aliphatic heterocycles. The molecule has 1 amide bonds. The number of carbonyl (C=O) groups excluding carboxylic acids is 2. The second-order valence-electron chi connectivity index (χ2n) is 9.81. The van der Waals surface area contributed by atoms with Gasteiger partial charge in [0, 0.05) is 4.47 Å². The fraction of sp³-hybridized carbons (Fsp3) is 0.188. The van der Waals surface area contributed by atoms with E-state index in [4.69, 9.17) is 9.47 Å². The van der Waals surface area contributed by atoms with Crippen molar-refractivity contribution in [3.63, 3.8) is 0 Å². The quantitative estimate of drug-likeness (QED) is 0.291. The third-order valence-corrected chi connectivity index (χ3v) is 8.59. The number of amides is 1. The molecule has 0 fully saturated rings. The summed E-state index contributed by atoms with van der Waals surface area (Å²) in [5.41, 5.74) is 5.04. The Morgan fingerprint density at radius 3 is 2.43 bits per heavy atom. The van der Waals surface area contributed by atoms with Gasteiger partial charge in [-0.25, -0.2) is 9.79 Å². The molecule has 4 aromatic rings. The average Bonchev–Trinajstić information content (AvgIpc) is 3.28. The fourth-order valence-corrected chi connectivity index (χ4v) is 6.27. The first-order valence-electron chi connectivity index (χ1n) is 13.1. The highest BCUT2D eigenvalue weighted by Gasteiger charge is 2.32. The fourth-order valence-electron chi connectivity index (χ4n) is 4.67. The predicted molar refractivity (Wildman–Crippen MR) is 166 cm³/mol. The number of fused-ring (bicyclic) bond motifs is 1. The topological polar surface area (TPSA) is 99.0 Å². The van der Waals surface area contributed by atoms with E-state index in [9.17, 15) is 14.4 Å². The number of esters is 1. The molecule has 10 heteroatoms. The first-order valence-corrected chi connectivity index (χ1v) is 14.7. The van der Waals surface area contributed by atoms with Crippen molar-refractivity contribution >= 4 is 50.9 Å². The van der Waals surface area contributed by atoms with Gasteiger partial charge in [0.15, 0.2) is 11.4 Å². The van der Waals surface area contributed by atoms with Crippen molar-refractivity contribution in [1.29, 1.82) is 0 Å². The van der Waals surface area contributed by atoms with Crippen molar-refractivity contribution in [3.05, 3.63) is 124 Å². The number of benzene rings is 3. The summed E-state index contributed by atoms with van der Waals surface area (Å²) >= 11 is 4.74. The van der Waals surface area contributed by atoms with Gasteiger partial charge < -0.3 is 14.8 Å². The van der Waals surface area contributed by atoms with E-state index >= 15 is 0 Å². The number of anilines is 1. The van der Waals surface area contributed by atoms with Gasteiger partial charge in [-0.1, -0.05) is 53.8 Å². The van der Waals surface area contributed by atoms with E-state index in [1.165, 1.54) is 18.4 Å². The Balaban J connectivity index is 1.37. The third kappa shape index (κ3) is 6.00. The summed E-state index contributed by atoms with van der Waals surface area (Å²) in [6, 6.07) is 19.7. The second kappa shape index (κ2) is 12.3. The minimum atomic E-state index is -0.650. The summed E-state index contributed by atoms with van der Waals surface area (Å²) in [6.07, 6.45) is 1.77. The lowest BCUT2D eigenvalue weighted by Gasteiger charge is -2.24. The highest BCUT2D eigenvalue weighted by atomic mass is 79.9. The van der Waals surface area contributed by atoms with Crippen LogP contribution >= 0.6 is 27.3 Å². The first kappa shape index (κ1) is 29.2. The van der Waals surface area contributed by atoms with Gasteiger partial charge in [0.05, 0.1) is 34.6 Å². The number of allylic oxidation sites excluding steroid dienone is 1. The van der Waals surface area contributed by atoms with Crippen molar-refractivity contribution in [2.24, 2.45) is 4.99 Å². The number of methoxy groups -OCH3 is 1. The summed E-state index contributed by atoms with van der Waals surface area (Å²) < 4.78 is 13.6.